The van der Waals surface area contributed by atoms with Crippen LogP contribution >= 0.6 is 0 Å². The second-order valence-electron chi connectivity index (χ2n) is 5.76. The molecule has 2 rings (SSSR count). The Morgan fingerprint density at radius 3 is 2.76 bits per heavy atom. The third-order valence-electron chi connectivity index (χ3n) is 3.81. The van der Waals surface area contributed by atoms with Crippen molar-refractivity contribution in [1.29, 1.82) is 0 Å². The fourth-order valence-corrected chi connectivity index (χ4v) is 4.09. The number of likely N-dealkylation sites (N-methyl/N-ethyl adjacent to an activating group) is 1. The van der Waals surface area contributed by atoms with Crippen LogP contribution in [0.15, 0.2) is 17.2 Å². The molecule has 0 saturated carbocycles. The van der Waals surface area contributed by atoms with Crippen LogP contribution in [-0.4, -0.2) is 51.1 Å². The third kappa shape index (κ3) is 4.06. The van der Waals surface area contributed by atoms with Gasteiger partial charge >= 0.3 is 0 Å². The minimum Gasteiger partial charge on any atom is -0.349 e. The van der Waals surface area contributed by atoms with Crippen LogP contribution in [0.1, 0.15) is 25.5 Å². The summed E-state index contributed by atoms with van der Waals surface area (Å²) in [5, 5.41) is 3.08. The van der Waals surface area contributed by atoms with Gasteiger partial charge in [-0.15, -0.1) is 0 Å². The molecular formula is C14H26N4O2S. The predicted molar refractivity (Wildman–Crippen MR) is 83.7 cm³/mol. The number of aromatic nitrogens is 1. The van der Waals surface area contributed by atoms with Crippen LogP contribution in [0.25, 0.3) is 0 Å². The SMILES string of the molecule is CCCn1cc(S(=O)(=O)NC2CCN(C)C2)cc1CNC. The molecule has 1 atom stereocenters. The lowest BCUT2D eigenvalue weighted by Crippen LogP contribution is -2.36. The summed E-state index contributed by atoms with van der Waals surface area (Å²) in [7, 11) is 0.445. The van der Waals surface area contributed by atoms with Gasteiger partial charge in [0.1, 0.15) is 0 Å². The van der Waals surface area contributed by atoms with E-state index in [1.54, 1.807) is 12.3 Å². The molecule has 1 fully saturated rings. The zero-order chi connectivity index (χ0) is 15.5. The second-order valence-corrected chi connectivity index (χ2v) is 7.47. The van der Waals surface area contributed by atoms with Crippen molar-refractivity contribution in [3.05, 3.63) is 18.0 Å². The van der Waals surface area contributed by atoms with E-state index in [1.165, 1.54) is 0 Å². The average Bonchev–Trinajstić information content (AvgIpc) is 2.98. The fraction of sp³-hybridized carbons (Fsp3) is 0.714. The molecule has 120 valence electrons. The first-order valence-electron chi connectivity index (χ1n) is 7.50. The summed E-state index contributed by atoms with van der Waals surface area (Å²) >= 11 is 0. The maximum atomic E-state index is 12.5. The van der Waals surface area contributed by atoms with Crippen LogP contribution < -0.4 is 10.0 Å². The largest absolute Gasteiger partial charge is 0.349 e. The Morgan fingerprint density at radius 1 is 1.43 bits per heavy atom. The summed E-state index contributed by atoms with van der Waals surface area (Å²) in [4.78, 5) is 2.51. The lowest BCUT2D eigenvalue weighted by atomic mass is 10.3. The van der Waals surface area contributed by atoms with Crippen LogP contribution in [0.5, 0.6) is 0 Å². The molecular weight excluding hydrogens is 288 g/mol. The van der Waals surface area contributed by atoms with Gasteiger partial charge in [0.05, 0.1) is 4.90 Å². The van der Waals surface area contributed by atoms with E-state index in [0.29, 0.717) is 11.4 Å². The van der Waals surface area contributed by atoms with Crippen molar-refractivity contribution in [3.8, 4) is 0 Å². The van der Waals surface area contributed by atoms with E-state index in [4.69, 9.17) is 0 Å². The first-order valence-corrected chi connectivity index (χ1v) is 8.99. The number of nitrogens with zero attached hydrogens (tertiary/aromatic N) is 2. The van der Waals surface area contributed by atoms with Crippen molar-refractivity contribution in [1.82, 2.24) is 19.5 Å². The quantitative estimate of drug-likeness (QED) is 0.773. The third-order valence-corrected chi connectivity index (χ3v) is 5.29. The lowest BCUT2D eigenvalue weighted by Gasteiger charge is -2.12. The number of sulfonamides is 1. The zero-order valence-electron chi connectivity index (χ0n) is 13.1. The Hall–Kier alpha value is -0.890. The molecule has 0 aliphatic carbocycles. The number of hydrogen-bond acceptors (Lipinski definition) is 4. The van der Waals surface area contributed by atoms with Gasteiger partial charge in [-0.05, 0) is 39.5 Å². The average molecular weight is 314 g/mol. The van der Waals surface area contributed by atoms with Crippen LogP contribution in [0.4, 0.5) is 0 Å². The standard InChI is InChI=1S/C14H26N4O2S/c1-4-6-18-11-14(8-13(18)9-15-2)21(19,20)16-12-5-7-17(3)10-12/h8,11-12,15-16H,4-7,9-10H2,1-3H3. The highest BCUT2D eigenvalue weighted by Crippen LogP contribution is 2.17. The van der Waals surface area contributed by atoms with Gasteiger partial charge in [0.15, 0.2) is 0 Å². The van der Waals surface area contributed by atoms with E-state index in [1.807, 2.05) is 18.7 Å². The summed E-state index contributed by atoms with van der Waals surface area (Å²) in [5.41, 5.74) is 1.00. The minimum absolute atomic E-state index is 0.0160. The van der Waals surface area contributed by atoms with Gasteiger partial charge < -0.3 is 14.8 Å². The van der Waals surface area contributed by atoms with Crippen LogP contribution in [-0.2, 0) is 23.1 Å². The first-order chi connectivity index (χ1) is 9.96. The summed E-state index contributed by atoms with van der Waals surface area (Å²) in [5.74, 6) is 0. The molecule has 0 amide bonds. The highest BCUT2D eigenvalue weighted by atomic mass is 32.2. The van der Waals surface area contributed by atoms with E-state index in [-0.39, 0.29) is 6.04 Å². The van der Waals surface area contributed by atoms with Gasteiger partial charge in [-0.1, -0.05) is 6.92 Å². The van der Waals surface area contributed by atoms with Gasteiger partial charge in [0, 0.05) is 37.6 Å². The number of likely N-dealkylation sites (tertiary alicyclic amines) is 1. The van der Waals surface area contributed by atoms with Crippen LogP contribution in [0, 0.1) is 0 Å². The van der Waals surface area contributed by atoms with Crippen LogP contribution in [0.3, 0.4) is 0 Å². The van der Waals surface area contributed by atoms with Gasteiger partial charge in [-0.3, -0.25) is 0 Å². The molecule has 0 radical (unpaired) electrons. The maximum Gasteiger partial charge on any atom is 0.242 e. The molecule has 0 spiro atoms. The van der Waals surface area contributed by atoms with Crippen molar-refractivity contribution < 1.29 is 8.42 Å². The Balaban J connectivity index is 2.17. The Kier molecular flexibility index (Phi) is 5.43. The van der Waals surface area contributed by atoms with Crippen molar-refractivity contribution in [2.24, 2.45) is 0 Å². The van der Waals surface area contributed by atoms with E-state index in [9.17, 15) is 8.42 Å². The van der Waals surface area contributed by atoms with Crippen molar-refractivity contribution >= 4 is 10.0 Å². The predicted octanol–water partition coefficient (Wildman–Crippen LogP) is 0.600. The number of nitrogens with one attached hydrogen (secondary N) is 2. The molecule has 1 aliphatic rings. The Labute approximate surface area is 127 Å². The minimum atomic E-state index is -3.43. The fourth-order valence-electron chi connectivity index (χ4n) is 2.77. The lowest BCUT2D eigenvalue weighted by molar-refractivity contribution is 0.407. The molecule has 2 heterocycles. The van der Waals surface area contributed by atoms with Gasteiger partial charge in [-0.2, -0.15) is 0 Å². The van der Waals surface area contributed by atoms with Gasteiger partial charge in [0.25, 0.3) is 0 Å². The number of hydrogen-bond donors (Lipinski definition) is 2. The van der Waals surface area contributed by atoms with Crippen molar-refractivity contribution in [3.63, 3.8) is 0 Å². The normalized spacial score (nSPS) is 20.2. The van der Waals surface area contributed by atoms with E-state index in [2.05, 4.69) is 21.9 Å². The van der Waals surface area contributed by atoms with Crippen LogP contribution in [0.2, 0.25) is 0 Å². The molecule has 1 aromatic rings. The number of rotatable bonds is 7. The number of aryl methyl sites for hydroxylation is 1. The van der Waals surface area contributed by atoms with E-state index in [0.717, 1.165) is 38.2 Å². The molecule has 6 nitrogen and oxygen atoms in total. The van der Waals surface area contributed by atoms with E-state index < -0.39 is 10.0 Å². The highest BCUT2D eigenvalue weighted by molar-refractivity contribution is 7.89. The molecule has 0 aromatic carbocycles. The summed E-state index contributed by atoms with van der Waals surface area (Å²) in [6.45, 7) is 5.30. The molecule has 0 bridgehead atoms. The maximum absolute atomic E-state index is 12.5. The molecule has 1 aliphatic heterocycles. The molecule has 2 N–H and O–H groups in total. The molecule has 1 saturated heterocycles. The molecule has 1 aromatic heterocycles. The Morgan fingerprint density at radius 2 is 2.19 bits per heavy atom. The van der Waals surface area contributed by atoms with Gasteiger partial charge in [-0.25, -0.2) is 13.1 Å². The Bertz CT molecular complexity index is 544. The van der Waals surface area contributed by atoms with Gasteiger partial charge in [0.2, 0.25) is 10.0 Å². The monoisotopic (exact) mass is 314 g/mol. The smallest absolute Gasteiger partial charge is 0.242 e. The molecule has 7 heteroatoms. The zero-order valence-corrected chi connectivity index (χ0v) is 13.9. The topological polar surface area (TPSA) is 66.4 Å². The highest BCUT2D eigenvalue weighted by Gasteiger charge is 2.26. The summed E-state index contributed by atoms with van der Waals surface area (Å²) in [6.07, 6.45) is 3.59. The summed E-state index contributed by atoms with van der Waals surface area (Å²) in [6, 6.07) is 1.79. The first kappa shape index (κ1) is 16.5. The molecule has 21 heavy (non-hydrogen) atoms. The van der Waals surface area contributed by atoms with E-state index >= 15 is 0 Å². The van der Waals surface area contributed by atoms with Crippen molar-refractivity contribution in [2.45, 2.75) is 43.8 Å². The van der Waals surface area contributed by atoms with Crippen molar-refractivity contribution in [2.75, 3.05) is 27.2 Å². The molecule has 1 unspecified atom stereocenters. The second kappa shape index (κ2) is 6.91. The summed E-state index contributed by atoms with van der Waals surface area (Å²) < 4.78 is 29.9.